The fourth-order valence-corrected chi connectivity index (χ4v) is 1.91. The molecular formula is C10H14N4OS. The van der Waals surface area contributed by atoms with Crippen molar-refractivity contribution in [2.45, 2.75) is 20.8 Å². The molecule has 0 saturated carbocycles. The first-order chi connectivity index (χ1) is 7.25. The van der Waals surface area contributed by atoms with E-state index in [1.54, 1.807) is 11.6 Å². The molecule has 0 unspecified atom stereocenters. The van der Waals surface area contributed by atoms with Crippen LogP contribution in [0.3, 0.4) is 0 Å². The molecule has 0 amide bonds. The second kappa shape index (κ2) is 3.04. The minimum Gasteiger partial charge on any atom is -0.382 e. The SMILES string of the molecule is Cn1c(N)c2n(c1=S)C(=O)C(C(C)(C)C)=N2. The first-order valence-corrected chi connectivity index (χ1v) is 5.37. The summed E-state index contributed by atoms with van der Waals surface area (Å²) in [6, 6.07) is 0. The van der Waals surface area contributed by atoms with Gasteiger partial charge in [0.2, 0.25) is 0 Å². The number of rotatable bonds is 0. The van der Waals surface area contributed by atoms with Crippen LogP contribution in [-0.2, 0) is 7.05 Å². The zero-order chi connectivity index (χ0) is 12.2. The summed E-state index contributed by atoms with van der Waals surface area (Å²) in [4.78, 5) is 16.4. The summed E-state index contributed by atoms with van der Waals surface area (Å²) in [6.45, 7) is 5.82. The monoisotopic (exact) mass is 238 g/mol. The highest BCUT2D eigenvalue weighted by atomic mass is 32.1. The van der Waals surface area contributed by atoms with E-state index < -0.39 is 0 Å². The number of nitrogen functional groups attached to an aromatic ring is 1. The average molecular weight is 238 g/mol. The minimum atomic E-state index is -0.303. The van der Waals surface area contributed by atoms with Crippen molar-refractivity contribution >= 4 is 35.5 Å². The minimum absolute atomic E-state index is 0.167. The maximum atomic E-state index is 12.1. The molecule has 16 heavy (non-hydrogen) atoms. The maximum Gasteiger partial charge on any atom is 0.280 e. The van der Waals surface area contributed by atoms with Crippen molar-refractivity contribution in [2.24, 2.45) is 17.5 Å². The first kappa shape index (κ1) is 11.1. The van der Waals surface area contributed by atoms with E-state index in [2.05, 4.69) is 4.99 Å². The second-order valence-corrected chi connectivity index (χ2v) is 5.27. The number of hydrogen-bond acceptors (Lipinski definition) is 4. The van der Waals surface area contributed by atoms with Crippen LogP contribution in [0.4, 0.5) is 11.6 Å². The zero-order valence-corrected chi connectivity index (χ0v) is 10.6. The van der Waals surface area contributed by atoms with E-state index in [-0.39, 0.29) is 11.3 Å². The van der Waals surface area contributed by atoms with Crippen molar-refractivity contribution in [2.75, 3.05) is 5.73 Å². The van der Waals surface area contributed by atoms with E-state index >= 15 is 0 Å². The maximum absolute atomic E-state index is 12.1. The molecule has 2 N–H and O–H groups in total. The predicted octanol–water partition coefficient (Wildman–Crippen LogP) is 1.91. The van der Waals surface area contributed by atoms with Crippen LogP contribution < -0.4 is 5.73 Å². The third-order valence-electron chi connectivity index (χ3n) is 2.61. The molecule has 2 rings (SSSR count). The molecule has 0 aromatic carbocycles. The standard InChI is InChI=1S/C10H14N4OS/c1-10(2,3)5-8(15)14-7(12-5)6(11)13(4)9(14)16/h11H2,1-4H3. The van der Waals surface area contributed by atoms with Crippen LogP contribution in [0.2, 0.25) is 0 Å². The number of imidazole rings is 1. The van der Waals surface area contributed by atoms with E-state index in [1.807, 2.05) is 20.8 Å². The molecule has 86 valence electrons. The molecule has 0 bridgehead atoms. The Bertz CT molecular complexity index is 571. The molecule has 1 aliphatic heterocycles. The third-order valence-corrected chi connectivity index (χ3v) is 3.07. The van der Waals surface area contributed by atoms with E-state index in [1.165, 1.54) is 4.57 Å². The average Bonchev–Trinajstić information content (AvgIpc) is 2.60. The fourth-order valence-electron chi connectivity index (χ4n) is 1.65. The Morgan fingerprint density at radius 3 is 2.38 bits per heavy atom. The first-order valence-electron chi connectivity index (χ1n) is 4.96. The molecular weight excluding hydrogens is 224 g/mol. The molecule has 1 aromatic heterocycles. The van der Waals surface area contributed by atoms with Crippen molar-refractivity contribution in [3.63, 3.8) is 0 Å². The topological polar surface area (TPSA) is 65.3 Å². The smallest absolute Gasteiger partial charge is 0.280 e. The zero-order valence-electron chi connectivity index (χ0n) is 9.74. The summed E-state index contributed by atoms with van der Waals surface area (Å²) < 4.78 is 3.37. The summed E-state index contributed by atoms with van der Waals surface area (Å²) in [5, 5.41) is 0. The molecule has 0 saturated heterocycles. The highest BCUT2D eigenvalue weighted by molar-refractivity contribution is 7.71. The summed E-state index contributed by atoms with van der Waals surface area (Å²) in [6.07, 6.45) is 0. The van der Waals surface area contributed by atoms with E-state index in [0.717, 1.165) is 0 Å². The highest BCUT2D eigenvalue weighted by Crippen LogP contribution is 2.33. The van der Waals surface area contributed by atoms with Gasteiger partial charge in [-0.3, -0.25) is 4.79 Å². The molecule has 5 nitrogen and oxygen atoms in total. The van der Waals surface area contributed by atoms with Crippen LogP contribution in [0.25, 0.3) is 0 Å². The van der Waals surface area contributed by atoms with Crippen LogP contribution >= 0.6 is 12.2 Å². The number of aliphatic imine (C=N–C) groups is 1. The van der Waals surface area contributed by atoms with Gasteiger partial charge in [0.05, 0.1) is 0 Å². The van der Waals surface area contributed by atoms with Crippen molar-refractivity contribution in [1.82, 2.24) is 9.13 Å². The molecule has 0 spiro atoms. The van der Waals surface area contributed by atoms with Crippen LogP contribution in [0.1, 0.15) is 25.6 Å². The molecule has 2 heterocycles. The quantitative estimate of drug-likeness (QED) is 0.702. The van der Waals surface area contributed by atoms with Crippen molar-refractivity contribution in [3.05, 3.63) is 4.77 Å². The number of nitrogens with zero attached hydrogens (tertiary/aromatic N) is 3. The molecule has 0 fully saturated rings. The Labute approximate surface area is 98.6 Å². The van der Waals surface area contributed by atoms with Gasteiger partial charge in [-0.05, 0) is 12.2 Å². The second-order valence-electron chi connectivity index (χ2n) is 4.90. The fraction of sp³-hybridized carbons (Fsp3) is 0.500. The lowest BCUT2D eigenvalue weighted by Crippen LogP contribution is -2.29. The van der Waals surface area contributed by atoms with Gasteiger partial charge in [0, 0.05) is 12.5 Å². The van der Waals surface area contributed by atoms with Crippen LogP contribution in [0, 0.1) is 10.2 Å². The Balaban J connectivity index is 2.71. The van der Waals surface area contributed by atoms with Crippen LogP contribution in [-0.4, -0.2) is 20.8 Å². The molecule has 1 aromatic rings. The summed E-state index contributed by atoms with van der Waals surface area (Å²) in [5.74, 6) is 0.722. The predicted molar refractivity (Wildman–Crippen MR) is 65.8 cm³/mol. The van der Waals surface area contributed by atoms with Crippen LogP contribution in [0.15, 0.2) is 4.99 Å². The third kappa shape index (κ3) is 1.26. The number of aromatic nitrogens is 2. The van der Waals surface area contributed by atoms with Gasteiger partial charge in [-0.2, -0.15) is 0 Å². The van der Waals surface area contributed by atoms with Gasteiger partial charge in [0.15, 0.2) is 10.6 Å². The van der Waals surface area contributed by atoms with Gasteiger partial charge in [-0.15, -0.1) is 0 Å². The lowest BCUT2D eigenvalue weighted by molar-refractivity contribution is 0.0987. The molecule has 0 radical (unpaired) electrons. The number of anilines is 1. The molecule has 0 atom stereocenters. The van der Waals surface area contributed by atoms with E-state index in [0.29, 0.717) is 22.1 Å². The van der Waals surface area contributed by atoms with E-state index in [9.17, 15) is 4.79 Å². The molecule has 1 aliphatic rings. The summed E-state index contributed by atoms with van der Waals surface area (Å²) in [5.41, 5.74) is 6.04. The number of fused-ring (bicyclic) bond motifs is 1. The van der Waals surface area contributed by atoms with Gasteiger partial charge >= 0.3 is 0 Å². The largest absolute Gasteiger partial charge is 0.382 e. The van der Waals surface area contributed by atoms with Crippen molar-refractivity contribution in [3.8, 4) is 0 Å². The van der Waals surface area contributed by atoms with Gasteiger partial charge in [0.25, 0.3) is 5.91 Å². The Hall–Kier alpha value is -1.43. The molecule has 6 heteroatoms. The van der Waals surface area contributed by atoms with Gasteiger partial charge in [0.1, 0.15) is 11.5 Å². The highest BCUT2D eigenvalue weighted by Gasteiger charge is 2.35. The lowest BCUT2D eigenvalue weighted by Gasteiger charge is -2.16. The lowest BCUT2D eigenvalue weighted by atomic mass is 9.90. The van der Waals surface area contributed by atoms with Gasteiger partial charge < -0.3 is 10.3 Å². The normalized spacial score (nSPS) is 15.2. The van der Waals surface area contributed by atoms with Crippen LogP contribution in [0.5, 0.6) is 0 Å². The Morgan fingerprint density at radius 1 is 1.38 bits per heavy atom. The van der Waals surface area contributed by atoms with Gasteiger partial charge in [-0.25, -0.2) is 9.56 Å². The summed E-state index contributed by atoms with van der Waals surface area (Å²) in [7, 11) is 1.72. The molecule has 0 aliphatic carbocycles. The number of carbonyl (C=O) groups excluding carboxylic acids is 1. The Morgan fingerprint density at radius 2 is 1.94 bits per heavy atom. The van der Waals surface area contributed by atoms with Crippen molar-refractivity contribution < 1.29 is 4.79 Å². The Kier molecular flexibility index (Phi) is 2.10. The number of hydrogen-bond donors (Lipinski definition) is 1. The van der Waals surface area contributed by atoms with Gasteiger partial charge in [-0.1, -0.05) is 20.8 Å². The number of carbonyl (C=O) groups is 1. The number of nitrogens with two attached hydrogens (primary N) is 1. The summed E-state index contributed by atoms with van der Waals surface area (Å²) >= 11 is 5.15. The van der Waals surface area contributed by atoms with Crippen molar-refractivity contribution in [1.29, 1.82) is 0 Å². The van der Waals surface area contributed by atoms with E-state index in [4.69, 9.17) is 18.0 Å².